The molecular weight excluding hydrogens is 388 g/mol. The second-order valence-corrected chi connectivity index (χ2v) is 7.13. The fourth-order valence-corrected chi connectivity index (χ4v) is 3.66. The van der Waals surface area contributed by atoms with Crippen molar-refractivity contribution >= 4 is 16.9 Å². The molecule has 0 saturated heterocycles. The maximum atomic E-state index is 14.0. The highest BCUT2D eigenvalue weighted by atomic mass is 19.1. The van der Waals surface area contributed by atoms with Gasteiger partial charge in [0.2, 0.25) is 0 Å². The van der Waals surface area contributed by atoms with E-state index in [-0.39, 0.29) is 31.2 Å². The number of H-pyrrole nitrogens is 1. The number of rotatable bonds is 3. The molecule has 0 atom stereocenters. The van der Waals surface area contributed by atoms with Crippen molar-refractivity contribution in [2.45, 2.75) is 6.54 Å². The van der Waals surface area contributed by atoms with Gasteiger partial charge in [-0.2, -0.15) is 0 Å². The van der Waals surface area contributed by atoms with Crippen molar-refractivity contribution in [1.29, 1.82) is 0 Å². The number of carbonyl (C=O) groups excluding carboxylic acids is 1. The summed E-state index contributed by atoms with van der Waals surface area (Å²) in [5, 5.41) is 0.984. The summed E-state index contributed by atoms with van der Waals surface area (Å²) in [5.41, 5.74) is 2.80. The van der Waals surface area contributed by atoms with E-state index >= 15 is 0 Å². The van der Waals surface area contributed by atoms with Crippen LogP contribution in [0.2, 0.25) is 0 Å². The lowest BCUT2D eigenvalue weighted by atomic mass is 10.0. The van der Waals surface area contributed by atoms with Crippen molar-refractivity contribution < 1.29 is 18.3 Å². The number of pyridine rings is 1. The van der Waals surface area contributed by atoms with Gasteiger partial charge < -0.3 is 14.6 Å². The zero-order valence-corrected chi connectivity index (χ0v) is 15.9. The first-order valence-corrected chi connectivity index (χ1v) is 9.53. The lowest BCUT2D eigenvalue weighted by molar-refractivity contribution is 0.0739. The van der Waals surface area contributed by atoms with Gasteiger partial charge in [0.25, 0.3) is 5.91 Å². The smallest absolute Gasteiger partial charge is 0.258 e. The normalized spacial score (nSPS) is 13.8. The number of aromatic nitrogens is 2. The summed E-state index contributed by atoms with van der Waals surface area (Å²) in [7, 11) is 0. The summed E-state index contributed by atoms with van der Waals surface area (Å²) in [6.07, 6.45) is 3.58. The van der Waals surface area contributed by atoms with E-state index in [1.165, 1.54) is 23.1 Å². The first kappa shape index (κ1) is 18.3. The molecule has 0 bridgehead atoms. The summed E-state index contributed by atoms with van der Waals surface area (Å²) in [4.78, 5) is 21.9. The molecule has 3 heterocycles. The number of hydrogen-bond acceptors (Lipinski definition) is 3. The standard InChI is InChI=1S/C23H17F2N3O2/c24-19-2-1-3-20(25)18(19)13-28-8-9-30-21-11-14(4-5-17(21)23(28)29)16-10-15-6-7-26-22(15)27-12-16/h1-7,10-12H,8-9,13H2,(H,26,27). The first-order chi connectivity index (χ1) is 14.6. The van der Waals surface area contributed by atoms with Gasteiger partial charge in [0.05, 0.1) is 18.7 Å². The minimum atomic E-state index is -0.670. The fourth-order valence-electron chi connectivity index (χ4n) is 3.66. The van der Waals surface area contributed by atoms with Crippen LogP contribution in [0.15, 0.2) is 60.9 Å². The third-order valence-corrected chi connectivity index (χ3v) is 5.26. The highest BCUT2D eigenvalue weighted by Gasteiger charge is 2.26. The molecule has 0 radical (unpaired) electrons. The van der Waals surface area contributed by atoms with Crippen LogP contribution in [0, 0.1) is 11.6 Å². The number of nitrogens with one attached hydrogen (secondary N) is 1. The van der Waals surface area contributed by atoms with Crippen molar-refractivity contribution in [2.24, 2.45) is 0 Å². The average molecular weight is 405 g/mol. The van der Waals surface area contributed by atoms with Crippen LogP contribution >= 0.6 is 0 Å². The van der Waals surface area contributed by atoms with Gasteiger partial charge in [-0.3, -0.25) is 4.79 Å². The van der Waals surface area contributed by atoms with Crippen molar-refractivity contribution in [2.75, 3.05) is 13.2 Å². The molecule has 1 amide bonds. The maximum Gasteiger partial charge on any atom is 0.258 e. The third kappa shape index (κ3) is 3.18. The van der Waals surface area contributed by atoms with Crippen LogP contribution in [0.3, 0.4) is 0 Å². The van der Waals surface area contributed by atoms with E-state index in [2.05, 4.69) is 9.97 Å². The molecule has 0 saturated carbocycles. The van der Waals surface area contributed by atoms with Crippen molar-refractivity contribution in [3.63, 3.8) is 0 Å². The van der Waals surface area contributed by atoms with Crippen LogP contribution in [0.5, 0.6) is 5.75 Å². The summed E-state index contributed by atoms with van der Waals surface area (Å²) in [6.45, 7) is 0.302. The summed E-state index contributed by atoms with van der Waals surface area (Å²) in [5.74, 6) is -1.22. The number of aromatic amines is 1. The van der Waals surface area contributed by atoms with Gasteiger partial charge in [0.15, 0.2) is 0 Å². The van der Waals surface area contributed by atoms with Crippen LogP contribution < -0.4 is 4.74 Å². The Morgan fingerprint density at radius 1 is 1.07 bits per heavy atom. The van der Waals surface area contributed by atoms with E-state index in [0.29, 0.717) is 11.3 Å². The number of ether oxygens (including phenoxy) is 1. The number of amides is 1. The lowest BCUT2D eigenvalue weighted by Crippen LogP contribution is -2.32. The van der Waals surface area contributed by atoms with Crippen LogP contribution in [0.1, 0.15) is 15.9 Å². The third-order valence-electron chi connectivity index (χ3n) is 5.26. The van der Waals surface area contributed by atoms with Crippen LogP contribution in [0.25, 0.3) is 22.2 Å². The molecule has 4 aromatic rings. The highest BCUT2D eigenvalue weighted by Crippen LogP contribution is 2.31. The molecule has 30 heavy (non-hydrogen) atoms. The quantitative estimate of drug-likeness (QED) is 0.544. The Balaban J connectivity index is 1.46. The van der Waals surface area contributed by atoms with Crippen LogP contribution in [0.4, 0.5) is 8.78 Å². The molecule has 2 aromatic carbocycles. The topological polar surface area (TPSA) is 58.2 Å². The molecule has 1 aliphatic rings. The second kappa shape index (κ2) is 7.26. The van der Waals surface area contributed by atoms with Crippen LogP contribution in [-0.2, 0) is 6.54 Å². The average Bonchev–Trinajstić information content (AvgIpc) is 3.16. The number of fused-ring (bicyclic) bond motifs is 2. The highest BCUT2D eigenvalue weighted by molar-refractivity contribution is 5.98. The van der Waals surface area contributed by atoms with Gasteiger partial charge >= 0.3 is 0 Å². The number of nitrogens with zero attached hydrogens (tertiary/aromatic N) is 2. The van der Waals surface area contributed by atoms with Crippen molar-refractivity contribution in [3.05, 3.63) is 83.7 Å². The van der Waals surface area contributed by atoms with Crippen molar-refractivity contribution in [1.82, 2.24) is 14.9 Å². The Kier molecular flexibility index (Phi) is 4.43. The Labute approximate surface area is 170 Å². The molecule has 0 spiro atoms. The Bertz CT molecular complexity index is 1250. The van der Waals surface area contributed by atoms with Gasteiger partial charge in [-0.15, -0.1) is 0 Å². The van der Waals surface area contributed by atoms with Gasteiger partial charge in [-0.1, -0.05) is 12.1 Å². The SMILES string of the molecule is O=C1c2ccc(-c3cnc4[nH]ccc4c3)cc2OCCN1Cc1c(F)cccc1F. The first-order valence-electron chi connectivity index (χ1n) is 9.53. The Hall–Kier alpha value is -3.74. The van der Waals surface area contributed by atoms with Crippen molar-refractivity contribution in [3.8, 4) is 16.9 Å². The summed E-state index contributed by atoms with van der Waals surface area (Å²) in [6, 6.07) is 12.9. The van der Waals surface area contributed by atoms with E-state index in [9.17, 15) is 13.6 Å². The molecule has 0 unspecified atom stereocenters. The number of halogens is 2. The van der Waals surface area contributed by atoms with E-state index in [0.717, 1.165) is 22.2 Å². The maximum absolute atomic E-state index is 14.0. The molecule has 1 N–H and O–H groups in total. The van der Waals surface area contributed by atoms with Gasteiger partial charge in [0, 0.05) is 28.9 Å². The number of carbonyl (C=O) groups is 1. The Morgan fingerprint density at radius 2 is 1.90 bits per heavy atom. The zero-order valence-electron chi connectivity index (χ0n) is 15.9. The molecule has 1 aliphatic heterocycles. The van der Waals surface area contributed by atoms with E-state index in [1.54, 1.807) is 18.3 Å². The van der Waals surface area contributed by atoms with Gasteiger partial charge in [-0.05, 0) is 42.0 Å². The summed E-state index contributed by atoms with van der Waals surface area (Å²) >= 11 is 0. The lowest BCUT2D eigenvalue weighted by Gasteiger charge is -2.20. The summed E-state index contributed by atoms with van der Waals surface area (Å²) < 4.78 is 33.9. The predicted molar refractivity (Wildman–Crippen MR) is 108 cm³/mol. The molecule has 0 fully saturated rings. The molecule has 150 valence electrons. The molecule has 2 aromatic heterocycles. The molecule has 5 nitrogen and oxygen atoms in total. The second-order valence-electron chi connectivity index (χ2n) is 7.13. The number of hydrogen-bond donors (Lipinski definition) is 1. The van der Waals surface area contributed by atoms with E-state index in [4.69, 9.17) is 4.74 Å². The minimum Gasteiger partial charge on any atom is -0.491 e. The predicted octanol–water partition coefficient (Wildman–Crippen LogP) is 4.54. The van der Waals surface area contributed by atoms with E-state index < -0.39 is 11.6 Å². The zero-order chi connectivity index (χ0) is 20.7. The Morgan fingerprint density at radius 3 is 2.73 bits per heavy atom. The van der Waals surface area contributed by atoms with E-state index in [1.807, 2.05) is 24.4 Å². The molecule has 5 rings (SSSR count). The molecule has 0 aliphatic carbocycles. The van der Waals surface area contributed by atoms with Gasteiger partial charge in [-0.25, -0.2) is 13.8 Å². The molecule has 7 heteroatoms. The molecular formula is C23H17F2N3O2. The minimum absolute atomic E-state index is 0.128. The van der Waals surface area contributed by atoms with Crippen LogP contribution in [-0.4, -0.2) is 33.9 Å². The fraction of sp³-hybridized carbons (Fsp3) is 0.130. The largest absolute Gasteiger partial charge is 0.491 e. The monoisotopic (exact) mass is 405 g/mol. The number of benzene rings is 2. The van der Waals surface area contributed by atoms with Gasteiger partial charge in [0.1, 0.15) is 29.6 Å².